The molecule has 0 saturated carbocycles. The Bertz CT molecular complexity index is 1810. The summed E-state index contributed by atoms with van der Waals surface area (Å²) in [5.74, 6) is -8.58. The Labute approximate surface area is 405 Å². The van der Waals surface area contributed by atoms with Crippen LogP contribution in [0.15, 0.2) is 0 Å². The topological polar surface area (TPSA) is 255 Å². The number of hydrogen-bond acceptors (Lipinski definition) is 16. The lowest BCUT2D eigenvalue weighted by Gasteiger charge is -2.62. The van der Waals surface area contributed by atoms with Crippen molar-refractivity contribution in [3.05, 3.63) is 0 Å². The number of carbonyl (C=O) groups excluding carboxylic acids is 12. The zero-order valence-electron chi connectivity index (χ0n) is 40.4. The summed E-state index contributed by atoms with van der Waals surface area (Å²) in [6.07, 6.45) is 9.07. The summed E-state index contributed by atoms with van der Waals surface area (Å²) >= 11 is 0. The molecule has 0 bridgehead atoms. The van der Waals surface area contributed by atoms with Crippen LogP contribution in [0.25, 0.3) is 0 Å². The molecule has 0 spiro atoms. The lowest BCUT2D eigenvalue weighted by atomic mass is 10.0. The van der Waals surface area contributed by atoms with Gasteiger partial charge in [0, 0.05) is 123 Å². The first-order valence-corrected chi connectivity index (χ1v) is 31.6. The van der Waals surface area contributed by atoms with Gasteiger partial charge in [0.05, 0.1) is 0 Å². The molecular weight excluding hydrogens is 969 g/mol. The SMILES string of the molecule is CCC(=O)N1C(=O)CC(CCCS2(C)OS(C)(CCCC3CC(=O)N(C(=O)CC)C3=O)OS(C)(CCCC3CC(=O)N(C(=O)CC)C3=O)OS(C)(CCCC3CC(=O)N(C(=O)CC)C3=O)O2)C1=O. The van der Waals surface area contributed by atoms with E-state index in [-0.39, 0.29) is 100 Å². The number of likely N-dealkylation sites (tertiary alicyclic amines) is 4. The van der Waals surface area contributed by atoms with Gasteiger partial charge in [0.1, 0.15) is 0 Å². The first-order chi connectivity index (χ1) is 31.9. The van der Waals surface area contributed by atoms with E-state index in [2.05, 4.69) is 0 Å². The second kappa shape index (κ2) is 22.7. The van der Waals surface area contributed by atoms with E-state index in [1.165, 1.54) is 0 Å². The van der Waals surface area contributed by atoms with Crippen molar-refractivity contribution < 1.29 is 72.1 Å². The van der Waals surface area contributed by atoms with Gasteiger partial charge in [0.25, 0.3) is 0 Å². The average Bonchev–Trinajstić information content (AvgIpc) is 3.91. The Kier molecular flexibility index (Phi) is 18.5. The van der Waals surface area contributed by atoms with Crippen LogP contribution in [-0.2, 0) is 72.1 Å². The van der Waals surface area contributed by atoms with Gasteiger partial charge >= 0.3 is 0 Å². The Morgan fingerprint density at radius 1 is 0.382 bits per heavy atom. The van der Waals surface area contributed by atoms with Gasteiger partial charge in [-0.15, -0.1) is 0 Å². The maximum absolute atomic E-state index is 13.2. The predicted octanol–water partition coefficient (Wildman–Crippen LogP) is 5.49. The van der Waals surface area contributed by atoms with Crippen LogP contribution in [0, 0.1) is 23.7 Å². The van der Waals surface area contributed by atoms with Crippen molar-refractivity contribution in [3.8, 4) is 0 Å². The van der Waals surface area contributed by atoms with Gasteiger partial charge in [-0.25, -0.2) is 19.6 Å². The van der Waals surface area contributed by atoms with Crippen molar-refractivity contribution in [2.45, 2.75) is 130 Å². The molecule has 68 heavy (non-hydrogen) atoms. The van der Waals surface area contributed by atoms with Crippen LogP contribution in [0.3, 0.4) is 0 Å². The third kappa shape index (κ3) is 12.7. The summed E-state index contributed by atoms with van der Waals surface area (Å²) in [6, 6.07) is 0. The van der Waals surface area contributed by atoms with Crippen molar-refractivity contribution in [2.75, 3.05) is 48.0 Å². The summed E-state index contributed by atoms with van der Waals surface area (Å²) in [7, 11) is -10.7. The third-order valence-corrected chi connectivity index (χ3v) is 25.9. The monoisotopic (exact) mass is 1040 g/mol. The normalized spacial score (nSPS) is 35.2. The highest BCUT2D eigenvalue weighted by Crippen LogP contribution is 2.80. The highest BCUT2D eigenvalue weighted by atomic mass is 32.4. The minimum atomic E-state index is -2.68. The molecule has 0 aliphatic carbocycles. The van der Waals surface area contributed by atoms with Gasteiger partial charge in [-0.1, -0.05) is 27.7 Å². The van der Waals surface area contributed by atoms with E-state index in [0.717, 1.165) is 19.6 Å². The second-order valence-corrected chi connectivity index (χ2v) is 29.4. The van der Waals surface area contributed by atoms with Crippen LogP contribution < -0.4 is 0 Å². The first kappa shape index (κ1) is 55.4. The lowest BCUT2D eigenvalue weighted by molar-refractivity contribution is -0.152. The molecule has 0 radical (unpaired) electrons. The minimum absolute atomic E-state index is 0.00462. The third-order valence-electron chi connectivity index (χ3n) is 12.6. The van der Waals surface area contributed by atoms with Gasteiger partial charge in [-0.3, -0.25) is 57.5 Å². The van der Waals surface area contributed by atoms with Gasteiger partial charge in [-0.2, -0.15) is 56.9 Å². The smallest absolute Gasteiger partial charge is 0.239 e. The summed E-state index contributed by atoms with van der Waals surface area (Å²) < 4.78 is 28.5. The molecule has 20 nitrogen and oxygen atoms in total. The van der Waals surface area contributed by atoms with Gasteiger partial charge < -0.3 is 0 Å². The number of imide groups is 12. The number of rotatable bonds is 20. The molecule has 24 heteroatoms. The fourth-order valence-electron chi connectivity index (χ4n) is 9.27. The summed E-state index contributed by atoms with van der Waals surface area (Å²) in [5, 5.41) is 0. The van der Waals surface area contributed by atoms with Crippen molar-refractivity contribution in [1.29, 1.82) is 0 Å². The summed E-state index contributed by atoms with van der Waals surface area (Å²) in [5.41, 5.74) is 0. The molecule has 5 fully saturated rings. The zero-order chi connectivity index (χ0) is 50.5. The maximum atomic E-state index is 13.2. The standard InChI is InChI=1S/C44H68N4O16S4/c1-9-33(49)45-37(53)25-29(41(45)57)17-13-21-65(5)61-66(6,22-14-18-30-26-38(54)46(42(30)58)34(50)10-2)63-68(8,24-16-20-32-28-40(56)48(44(32)60)36(52)12-4)64-67(7,62-65)23-15-19-31-27-39(55)47(43(31)59)35(51)11-3/h29-32H,9-28H2,1-8H3. The molecule has 5 rings (SSSR count). The molecular formula is C44H68N4O16S4. The van der Waals surface area contributed by atoms with E-state index in [1.54, 1.807) is 52.7 Å². The predicted molar refractivity (Wildman–Crippen MR) is 256 cm³/mol. The Hall–Kier alpha value is -3.52. The molecule has 0 aromatic carbocycles. The van der Waals surface area contributed by atoms with Gasteiger partial charge in [0.15, 0.2) is 0 Å². The number of carbonyl (C=O) groups is 12. The van der Waals surface area contributed by atoms with Crippen LogP contribution in [0.4, 0.5) is 0 Å². The molecule has 0 aromatic rings. The molecule has 4 atom stereocenters. The van der Waals surface area contributed by atoms with Gasteiger partial charge in [0.2, 0.25) is 70.9 Å². The largest absolute Gasteiger partial charge is 0.274 e. The molecule has 12 amide bonds. The minimum Gasteiger partial charge on any atom is -0.274 e. The first-order valence-electron chi connectivity index (χ1n) is 23.3. The van der Waals surface area contributed by atoms with Crippen LogP contribution in [-0.4, -0.2) is 139 Å². The fourth-order valence-corrected chi connectivity index (χ4v) is 25.1. The molecule has 0 N–H and O–H groups in total. The Morgan fingerprint density at radius 3 is 0.721 bits per heavy atom. The molecule has 0 aromatic heterocycles. The van der Waals surface area contributed by atoms with Crippen molar-refractivity contribution in [3.63, 3.8) is 0 Å². The van der Waals surface area contributed by atoms with Crippen molar-refractivity contribution >= 4 is 113 Å². The fraction of sp³-hybridized carbons (Fsp3) is 0.727. The van der Waals surface area contributed by atoms with E-state index >= 15 is 0 Å². The molecule has 4 unspecified atom stereocenters. The van der Waals surface area contributed by atoms with E-state index < -0.39 is 137 Å². The quantitative estimate of drug-likeness (QED) is 0.137. The lowest BCUT2D eigenvalue weighted by Crippen LogP contribution is -2.36. The van der Waals surface area contributed by atoms with Crippen molar-refractivity contribution in [2.24, 2.45) is 23.7 Å². The van der Waals surface area contributed by atoms with Crippen LogP contribution in [0.1, 0.15) is 130 Å². The van der Waals surface area contributed by atoms with E-state index in [9.17, 15) is 57.5 Å². The van der Waals surface area contributed by atoms with Crippen LogP contribution in [0.2, 0.25) is 0 Å². The average molecular weight is 1040 g/mol. The molecule has 5 aliphatic rings. The highest BCUT2D eigenvalue weighted by Gasteiger charge is 2.47. The van der Waals surface area contributed by atoms with Crippen LogP contribution in [0.5, 0.6) is 0 Å². The summed E-state index contributed by atoms with van der Waals surface area (Å²) in [6.45, 7) is 6.29. The molecule has 5 aliphatic heterocycles. The van der Waals surface area contributed by atoms with E-state index in [1.807, 2.05) is 0 Å². The van der Waals surface area contributed by atoms with Crippen molar-refractivity contribution in [1.82, 2.24) is 19.6 Å². The molecule has 5 saturated heterocycles. The highest BCUT2D eigenvalue weighted by molar-refractivity contribution is 8.49. The molecule has 384 valence electrons. The number of hydrogen-bond donors (Lipinski definition) is 0. The maximum Gasteiger partial charge on any atom is 0.239 e. The Morgan fingerprint density at radius 2 is 0.559 bits per heavy atom. The van der Waals surface area contributed by atoms with Crippen LogP contribution >= 0.6 is 42.4 Å². The Balaban J connectivity index is 1.42. The van der Waals surface area contributed by atoms with E-state index in [4.69, 9.17) is 14.5 Å². The van der Waals surface area contributed by atoms with Gasteiger partial charge in [-0.05, 0) is 51.4 Å². The molecule has 5 heterocycles. The second-order valence-electron chi connectivity index (χ2n) is 18.2. The number of amides is 12. The van der Waals surface area contributed by atoms with E-state index in [0.29, 0.717) is 25.7 Å². The zero-order valence-corrected chi connectivity index (χ0v) is 43.7. The number of nitrogens with zero attached hydrogens (tertiary/aromatic N) is 4. The summed E-state index contributed by atoms with van der Waals surface area (Å²) in [4.78, 5) is 156.